The first-order chi connectivity index (χ1) is 8.50. The Morgan fingerprint density at radius 2 is 1.89 bits per heavy atom. The molecular weight excluding hydrogens is 224 g/mol. The molecule has 0 aromatic carbocycles. The maximum Gasteiger partial charge on any atom is 0.0611 e. The van der Waals surface area contributed by atoms with Gasteiger partial charge in [0.2, 0.25) is 0 Å². The Morgan fingerprint density at radius 1 is 1.28 bits per heavy atom. The summed E-state index contributed by atoms with van der Waals surface area (Å²) in [5.41, 5.74) is 5.75. The Morgan fingerprint density at radius 3 is 2.39 bits per heavy atom. The van der Waals surface area contributed by atoms with Gasteiger partial charge in [-0.05, 0) is 64.5 Å². The van der Waals surface area contributed by atoms with Crippen LogP contribution in [0, 0.1) is 5.92 Å². The predicted octanol–water partition coefficient (Wildman–Crippen LogP) is 2.38. The predicted molar refractivity (Wildman–Crippen MR) is 77.6 cm³/mol. The summed E-state index contributed by atoms with van der Waals surface area (Å²) in [4.78, 5) is 2.50. The van der Waals surface area contributed by atoms with Crippen molar-refractivity contribution >= 4 is 0 Å². The van der Waals surface area contributed by atoms with Crippen LogP contribution in [0.2, 0.25) is 0 Å². The molecule has 108 valence electrons. The number of nitrogens with two attached hydrogens (primary N) is 1. The topological polar surface area (TPSA) is 49.5 Å². The van der Waals surface area contributed by atoms with Gasteiger partial charge in [0.15, 0.2) is 0 Å². The molecule has 0 saturated heterocycles. The van der Waals surface area contributed by atoms with Gasteiger partial charge in [-0.2, -0.15) is 0 Å². The van der Waals surface area contributed by atoms with Crippen LogP contribution in [0.5, 0.6) is 0 Å². The lowest BCUT2D eigenvalue weighted by molar-refractivity contribution is 0.149. The fraction of sp³-hybridized carbons (Fsp3) is 1.00. The second-order valence-corrected chi connectivity index (χ2v) is 6.37. The normalized spacial score (nSPS) is 28.3. The van der Waals surface area contributed by atoms with Crippen molar-refractivity contribution in [2.75, 3.05) is 20.2 Å². The van der Waals surface area contributed by atoms with E-state index in [9.17, 15) is 5.11 Å². The van der Waals surface area contributed by atoms with E-state index < -0.39 is 0 Å². The maximum absolute atomic E-state index is 9.29. The largest absolute Gasteiger partial charge is 0.394 e. The highest BCUT2D eigenvalue weighted by Crippen LogP contribution is 2.26. The molecule has 1 aliphatic carbocycles. The van der Waals surface area contributed by atoms with E-state index >= 15 is 0 Å². The summed E-state index contributed by atoms with van der Waals surface area (Å²) >= 11 is 0. The first kappa shape index (κ1) is 15.9. The number of rotatable bonds is 7. The summed E-state index contributed by atoms with van der Waals surface area (Å²) in [6.45, 7) is 5.64. The smallest absolute Gasteiger partial charge is 0.0611 e. The molecule has 3 N–H and O–H groups in total. The van der Waals surface area contributed by atoms with Crippen molar-refractivity contribution in [2.24, 2.45) is 11.7 Å². The zero-order chi connectivity index (χ0) is 13.6. The van der Waals surface area contributed by atoms with E-state index in [2.05, 4.69) is 25.8 Å². The van der Waals surface area contributed by atoms with Gasteiger partial charge in [0.25, 0.3) is 0 Å². The molecule has 3 nitrogen and oxygen atoms in total. The molecule has 0 aliphatic heterocycles. The van der Waals surface area contributed by atoms with E-state index in [-0.39, 0.29) is 12.1 Å². The Balaban J connectivity index is 2.22. The third kappa shape index (κ3) is 4.87. The molecular formula is C15H32N2O. The van der Waals surface area contributed by atoms with E-state index in [1.165, 1.54) is 25.7 Å². The summed E-state index contributed by atoms with van der Waals surface area (Å²) in [6.07, 6.45) is 8.32. The van der Waals surface area contributed by atoms with Crippen LogP contribution in [-0.2, 0) is 0 Å². The zero-order valence-electron chi connectivity index (χ0n) is 12.5. The van der Waals surface area contributed by atoms with Gasteiger partial charge in [-0.1, -0.05) is 13.8 Å². The second-order valence-electron chi connectivity index (χ2n) is 6.37. The second kappa shape index (κ2) is 7.46. The summed E-state index contributed by atoms with van der Waals surface area (Å²) in [5, 5.41) is 9.29. The van der Waals surface area contributed by atoms with Crippen molar-refractivity contribution < 1.29 is 5.11 Å². The van der Waals surface area contributed by atoms with Crippen molar-refractivity contribution in [1.82, 2.24) is 4.90 Å². The molecule has 1 aliphatic rings. The maximum atomic E-state index is 9.29. The average Bonchev–Trinajstić information content (AvgIpc) is 2.39. The van der Waals surface area contributed by atoms with Crippen LogP contribution >= 0.6 is 0 Å². The van der Waals surface area contributed by atoms with E-state index in [4.69, 9.17) is 5.73 Å². The quantitative estimate of drug-likeness (QED) is 0.735. The monoisotopic (exact) mass is 256 g/mol. The van der Waals surface area contributed by atoms with Crippen LogP contribution < -0.4 is 5.73 Å². The minimum absolute atomic E-state index is 0.105. The van der Waals surface area contributed by atoms with E-state index in [0.717, 1.165) is 37.8 Å². The fourth-order valence-electron chi connectivity index (χ4n) is 2.91. The van der Waals surface area contributed by atoms with Crippen LogP contribution in [0.3, 0.4) is 0 Å². The van der Waals surface area contributed by atoms with Crippen molar-refractivity contribution in [3.8, 4) is 0 Å². The molecule has 3 heteroatoms. The van der Waals surface area contributed by atoms with Crippen LogP contribution in [-0.4, -0.2) is 41.8 Å². The third-order valence-electron chi connectivity index (χ3n) is 4.81. The van der Waals surface area contributed by atoms with Gasteiger partial charge in [0.1, 0.15) is 0 Å². The lowest BCUT2D eigenvalue weighted by atomic mass is 9.86. The minimum atomic E-state index is -0.359. The Hall–Kier alpha value is -0.120. The third-order valence-corrected chi connectivity index (χ3v) is 4.81. The van der Waals surface area contributed by atoms with Gasteiger partial charge in [-0.15, -0.1) is 0 Å². The summed E-state index contributed by atoms with van der Waals surface area (Å²) in [5.74, 6) is 0.917. The molecule has 0 aromatic rings. The van der Waals surface area contributed by atoms with Gasteiger partial charge < -0.3 is 15.7 Å². The fourth-order valence-corrected chi connectivity index (χ4v) is 2.91. The molecule has 0 heterocycles. The van der Waals surface area contributed by atoms with E-state index in [1.54, 1.807) is 0 Å². The van der Waals surface area contributed by atoms with Crippen molar-refractivity contribution in [3.63, 3.8) is 0 Å². The van der Waals surface area contributed by atoms with E-state index in [1.807, 2.05) is 0 Å². The van der Waals surface area contributed by atoms with Gasteiger partial charge >= 0.3 is 0 Å². The van der Waals surface area contributed by atoms with Gasteiger partial charge in [0.05, 0.1) is 6.61 Å². The lowest BCUT2D eigenvalue weighted by Gasteiger charge is -2.34. The Bertz CT molecular complexity index is 221. The van der Waals surface area contributed by atoms with Crippen molar-refractivity contribution in [3.05, 3.63) is 0 Å². The van der Waals surface area contributed by atoms with Crippen LogP contribution in [0.4, 0.5) is 0 Å². The number of hydrogen-bond acceptors (Lipinski definition) is 3. The Labute approximate surface area is 113 Å². The van der Waals surface area contributed by atoms with Gasteiger partial charge in [0, 0.05) is 11.6 Å². The Kier molecular flexibility index (Phi) is 6.61. The van der Waals surface area contributed by atoms with Crippen LogP contribution in [0.15, 0.2) is 0 Å². The summed E-state index contributed by atoms with van der Waals surface area (Å²) in [6, 6.07) is 0.768. The molecule has 0 amide bonds. The highest BCUT2D eigenvalue weighted by molar-refractivity contribution is 4.82. The average molecular weight is 256 g/mol. The van der Waals surface area contributed by atoms with Crippen LogP contribution in [0.1, 0.15) is 58.8 Å². The molecule has 1 atom stereocenters. The number of aliphatic hydroxyl groups excluding tert-OH is 1. The molecule has 1 rings (SSSR count). The SMILES string of the molecule is CCC(N)(CO)CCCN(C)C1CCC(C)CC1. The number of nitrogens with zero attached hydrogens (tertiary/aromatic N) is 1. The molecule has 0 spiro atoms. The zero-order valence-corrected chi connectivity index (χ0v) is 12.5. The highest BCUT2D eigenvalue weighted by atomic mass is 16.3. The molecule has 1 unspecified atom stereocenters. The molecule has 1 fully saturated rings. The van der Waals surface area contributed by atoms with E-state index in [0.29, 0.717) is 0 Å². The molecule has 0 aromatic heterocycles. The first-order valence-corrected chi connectivity index (χ1v) is 7.60. The number of hydrogen-bond donors (Lipinski definition) is 2. The minimum Gasteiger partial charge on any atom is -0.394 e. The molecule has 1 saturated carbocycles. The first-order valence-electron chi connectivity index (χ1n) is 7.60. The highest BCUT2D eigenvalue weighted by Gasteiger charge is 2.24. The standard InChI is InChI=1S/C15H32N2O/c1-4-15(16,12-18)10-5-11-17(3)14-8-6-13(2)7-9-14/h13-14,18H,4-12,16H2,1-3H3. The summed E-state index contributed by atoms with van der Waals surface area (Å²) in [7, 11) is 2.24. The summed E-state index contributed by atoms with van der Waals surface area (Å²) < 4.78 is 0. The lowest BCUT2D eigenvalue weighted by Crippen LogP contribution is -2.44. The number of aliphatic hydroxyl groups is 1. The van der Waals surface area contributed by atoms with Gasteiger partial charge in [-0.3, -0.25) is 0 Å². The van der Waals surface area contributed by atoms with Crippen molar-refractivity contribution in [2.45, 2.75) is 70.4 Å². The molecule has 18 heavy (non-hydrogen) atoms. The molecule has 0 bridgehead atoms. The molecule has 0 radical (unpaired) electrons. The van der Waals surface area contributed by atoms with Crippen LogP contribution in [0.25, 0.3) is 0 Å². The van der Waals surface area contributed by atoms with Crippen molar-refractivity contribution in [1.29, 1.82) is 0 Å². The van der Waals surface area contributed by atoms with Gasteiger partial charge in [-0.25, -0.2) is 0 Å².